The lowest BCUT2D eigenvalue weighted by atomic mass is 10.2. The molecule has 0 spiro atoms. The molecule has 0 aliphatic carbocycles. The minimum atomic E-state index is -4.82. The van der Waals surface area contributed by atoms with Crippen molar-refractivity contribution >= 4 is 27.9 Å². The molecule has 0 aromatic rings. The number of carbonyl (C=O) groups is 3. The van der Waals surface area contributed by atoms with Crippen LogP contribution in [0, 0.1) is 0 Å². The zero-order chi connectivity index (χ0) is 14.6. The molecule has 0 aromatic heterocycles. The van der Waals surface area contributed by atoms with Gasteiger partial charge in [-0.25, -0.2) is 4.79 Å². The predicted molar refractivity (Wildman–Crippen MR) is 61.7 cm³/mol. The van der Waals surface area contributed by atoms with E-state index in [4.69, 9.17) is 4.55 Å². The molecule has 8 nitrogen and oxygen atoms in total. The van der Waals surface area contributed by atoms with Crippen molar-refractivity contribution in [3.05, 3.63) is 11.0 Å². The van der Waals surface area contributed by atoms with Crippen LogP contribution >= 0.6 is 0 Å². The molecule has 2 amide bonds. The molecule has 0 saturated carbocycles. The largest absolute Gasteiger partial charge is 0.333 e. The highest BCUT2D eigenvalue weighted by Crippen LogP contribution is 2.18. The molecular weight excluding hydrogens is 278 g/mol. The Hall–Kier alpha value is -1.74. The molecule has 19 heavy (non-hydrogen) atoms. The first-order chi connectivity index (χ1) is 8.77. The molecule has 0 saturated heterocycles. The fourth-order valence-electron chi connectivity index (χ4n) is 1.37. The van der Waals surface area contributed by atoms with Crippen LogP contribution in [0.3, 0.4) is 0 Å². The van der Waals surface area contributed by atoms with Gasteiger partial charge in [-0.1, -0.05) is 24.8 Å². The highest BCUT2D eigenvalue weighted by molar-refractivity contribution is 7.90. The van der Waals surface area contributed by atoms with Gasteiger partial charge in [-0.05, 0) is 6.42 Å². The van der Waals surface area contributed by atoms with E-state index in [1.807, 2.05) is 6.92 Å². The molecule has 1 heterocycles. The maximum absolute atomic E-state index is 11.4. The first kappa shape index (κ1) is 15.3. The van der Waals surface area contributed by atoms with Crippen LogP contribution in [-0.2, 0) is 29.3 Å². The number of imide groups is 1. The molecule has 0 bridgehead atoms. The fraction of sp³-hybridized carbons (Fsp3) is 0.500. The maximum Gasteiger partial charge on any atom is 0.333 e. The molecule has 1 rings (SSSR count). The number of amides is 2. The number of rotatable bonds is 6. The van der Waals surface area contributed by atoms with E-state index in [9.17, 15) is 22.8 Å². The molecule has 0 fully saturated rings. The van der Waals surface area contributed by atoms with Crippen LogP contribution in [0.2, 0.25) is 0 Å². The highest BCUT2D eigenvalue weighted by Gasteiger charge is 2.40. The van der Waals surface area contributed by atoms with E-state index in [-0.39, 0.29) is 11.5 Å². The average molecular weight is 291 g/mol. The fourth-order valence-corrected chi connectivity index (χ4v) is 1.92. The molecule has 0 radical (unpaired) electrons. The minimum absolute atomic E-state index is 0.00606. The van der Waals surface area contributed by atoms with Crippen molar-refractivity contribution in [1.29, 1.82) is 0 Å². The van der Waals surface area contributed by atoms with Gasteiger partial charge in [-0.3, -0.25) is 14.1 Å². The van der Waals surface area contributed by atoms with Crippen LogP contribution in [0.4, 0.5) is 0 Å². The van der Waals surface area contributed by atoms with Crippen LogP contribution < -0.4 is 0 Å². The summed E-state index contributed by atoms with van der Waals surface area (Å²) < 4.78 is 30.3. The van der Waals surface area contributed by atoms with Crippen molar-refractivity contribution in [2.75, 3.05) is 0 Å². The number of unbranched alkanes of at least 4 members (excludes halogenated alkanes) is 2. The Balaban J connectivity index is 2.66. The van der Waals surface area contributed by atoms with Crippen LogP contribution in [0.15, 0.2) is 11.0 Å². The van der Waals surface area contributed by atoms with Gasteiger partial charge in [-0.15, -0.1) is 0 Å². The molecule has 106 valence electrons. The van der Waals surface area contributed by atoms with Gasteiger partial charge in [0.15, 0.2) is 4.91 Å². The SMILES string of the molecule is CCCCCC(=O)ON1C(=O)C=C(S(=O)(=O)O)C1=O. The summed E-state index contributed by atoms with van der Waals surface area (Å²) in [6.45, 7) is 1.93. The van der Waals surface area contributed by atoms with Crippen LogP contribution in [0.5, 0.6) is 0 Å². The normalized spacial score (nSPS) is 15.7. The lowest BCUT2D eigenvalue weighted by Gasteiger charge is -2.12. The Kier molecular flexibility index (Phi) is 4.78. The van der Waals surface area contributed by atoms with Gasteiger partial charge in [0.2, 0.25) is 0 Å². The molecule has 1 aliphatic heterocycles. The van der Waals surface area contributed by atoms with Crippen molar-refractivity contribution in [2.24, 2.45) is 0 Å². The standard InChI is InChI=1S/C10H13NO7S/c1-2-3-4-5-9(13)18-11-8(12)6-7(10(11)14)19(15,16)17/h6H,2-5H2,1H3,(H,15,16,17). The van der Waals surface area contributed by atoms with Crippen molar-refractivity contribution in [1.82, 2.24) is 5.06 Å². The smallest absolute Gasteiger partial charge is 0.330 e. The molecule has 0 unspecified atom stereocenters. The third-order valence-electron chi connectivity index (χ3n) is 2.31. The maximum atomic E-state index is 11.4. The van der Waals surface area contributed by atoms with E-state index in [1.165, 1.54) is 0 Å². The first-order valence-corrected chi connectivity index (χ1v) is 6.99. The number of nitrogens with zero attached hydrogens (tertiary/aromatic N) is 1. The topological polar surface area (TPSA) is 118 Å². The van der Waals surface area contributed by atoms with Gasteiger partial charge >= 0.3 is 11.9 Å². The highest BCUT2D eigenvalue weighted by atomic mass is 32.2. The molecule has 9 heteroatoms. The Morgan fingerprint density at radius 1 is 1.37 bits per heavy atom. The zero-order valence-electron chi connectivity index (χ0n) is 10.2. The third kappa shape index (κ3) is 3.86. The van der Waals surface area contributed by atoms with E-state index in [0.29, 0.717) is 12.5 Å². The van der Waals surface area contributed by atoms with Crippen LogP contribution in [0.1, 0.15) is 32.6 Å². The van der Waals surface area contributed by atoms with E-state index in [1.54, 1.807) is 0 Å². The third-order valence-corrected chi connectivity index (χ3v) is 3.15. The van der Waals surface area contributed by atoms with E-state index in [2.05, 4.69) is 4.84 Å². The summed E-state index contributed by atoms with van der Waals surface area (Å²) in [5.74, 6) is -3.32. The quantitative estimate of drug-likeness (QED) is 0.421. The summed E-state index contributed by atoms with van der Waals surface area (Å²) >= 11 is 0. The molecule has 0 atom stereocenters. The summed E-state index contributed by atoms with van der Waals surface area (Å²) in [4.78, 5) is 37.4. The summed E-state index contributed by atoms with van der Waals surface area (Å²) in [5, 5.41) is 0.0252. The van der Waals surface area contributed by atoms with Crippen molar-refractivity contribution < 1.29 is 32.2 Å². The molecule has 0 aromatic carbocycles. The number of hydrogen-bond donors (Lipinski definition) is 1. The van der Waals surface area contributed by atoms with Gasteiger partial charge in [0.1, 0.15) is 0 Å². The number of carbonyl (C=O) groups excluding carboxylic acids is 3. The van der Waals surface area contributed by atoms with Crippen molar-refractivity contribution in [2.45, 2.75) is 32.6 Å². The summed E-state index contributed by atoms with van der Waals surface area (Å²) in [7, 11) is -4.82. The molecule has 1 aliphatic rings. The van der Waals surface area contributed by atoms with Crippen LogP contribution in [-0.4, -0.2) is 35.8 Å². The lowest BCUT2D eigenvalue weighted by molar-refractivity contribution is -0.196. The zero-order valence-corrected chi connectivity index (χ0v) is 11.0. The Labute approximate surface area is 109 Å². The van der Waals surface area contributed by atoms with Gasteiger partial charge in [0, 0.05) is 12.5 Å². The van der Waals surface area contributed by atoms with E-state index >= 15 is 0 Å². The Bertz CT molecular complexity index is 534. The van der Waals surface area contributed by atoms with Gasteiger partial charge < -0.3 is 4.84 Å². The van der Waals surface area contributed by atoms with E-state index in [0.717, 1.165) is 12.8 Å². The number of hydrogen-bond acceptors (Lipinski definition) is 6. The van der Waals surface area contributed by atoms with Crippen molar-refractivity contribution in [3.63, 3.8) is 0 Å². The van der Waals surface area contributed by atoms with Gasteiger partial charge in [0.05, 0.1) is 0 Å². The second kappa shape index (κ2) is 5.93. The van der Waals surface area contributed by atoms with Gasteiger partial charge in [0.25, 0.3) is 16.0 Å². The van der Waals surface area contributed by atoms with Crippen LogP contribution in [0.25, 0.3) is 0 Å². The molecular formula is C10H13NO7S. The lowest BCUT2D eigenvalue weighted by Crippen LogP contribution is -2.34. The Morgan fingerprint density at radius 3 is 2.47 bits per heavy atom. The Morgan fingerprint density at radius 2 is 2.00 bits per heavy atom. The predicted octanol–water partition coefficient (Wildman–Crippen LogP) is 0.165. The number of hydroxylamine groups is 2. The summed E-state index contributed by atoms with van der Waals surface area (Å²) in [5.41, 5.74) is 0. The minimum Gasteiger partial charge on any atom is -0.330 e. The monoisotopic (exact) mass is 291 g/mol. The average Bonchev–Trinajstić information content (AvgIpc) is 2.57. The second-order valence-corrected chi connectivity index (χ2v) is 5.23. The van der Waals surface area contributed by atoms with Crippen molar-refractivity contribution in [3.8, 4) is 0 Å². The second-order valence-electron chi connectivity index (χ2n) is 3.84. The van der Waals surface area contributed by atoms with E-state index < -0.39 is 32.8 Å². The van der Waals surface area contributed by atoms with Gasteiger partial charge in [-0.2, -0.15) is 8.42 Å². The summed E-state index contributed by atoms with van der Waals surface area (Å²) in [6.07, 6.45) is 2.60. The first-order valence-electron chi connectivity index (χ1n) is 5.55. The summed E-state index contributed by atoms with van der Waals surface area (Å²) in [6, 6.07) is 0. The molecule has 1 N–H and O–H groups in total.